The second-order valence-corrected chi connectivity index (χ2v) is 13.4. The van der Waals surface area contributed by atoms with Crippen LogP contribution in [0, 0.1) is 0 Å². The van der Waals surface area contributed by atoms with Crippen molar-refractivity contribution in [2.75, 3.05) is 78.5 Å². The van der Waals surface area contributed by atoms with E-state index < -0.39 is 36.0 Å². The molecule has 5 atom stereocenters. The summed E-state index contributed by atoms with van der Waals surface area (Å²) in [7, 11) is 0. The summed E-state index contributed by atoms with van der Waals surface area (Å²) in [5, 5.41) is 31.2. The molecule has 2 heterocycles. The highest BCUT2D eigenvalue weighted by Crippen LogP contribution is 2.19. The summed E-state index contributed by atoms with van der Waals surface area (Å²) in [5.41, 5.74) is 2.71. The van der Waals surface area contributed by atoms with E-state index in [1.54, 1.807) is 4.90 Å². The van der Waals surface area contributed by atoms with Crippen molar-refractivity contribution in [2.24, 2.45) is 0 Å². The Balaban J connectivity index is 1.29. The first-order chi connectivity index (χ1) is 24.3. The van der Waals surface area contributed by atoms with E-state index in [1.165, 1.54) is 0 Å². The molecule has 2 saturated heterocycles. The molecule has 11 heteroatoms. The molecule has 5 unspecified atom stereocenters. The van der Waals surface area contributed by atoms with Crippen LogP contribution in [0.15, 0.2) is 91.0 Å². The molecule has 0 spiro atoms. The van der Waals surface area contributed by atoms with Crippen molar-refractivity contribution in [3.8, 4) is 0 Å². The predicted octanol–water partition coefficient (Wildman–Crippen LogP) is 2.61. The lowest BCUT2D eigenvalue weighted by molar-refractivity contribution is -0.151. The SMILES string of the molecule is O=C(O)C(Cc1ccccc1)N1CCN2CCN(CCN(CCN(C(Cc3ccccc3)C(=O)O)C(Cc3ccccc3)C(=O)O)CC2)CC1. The first-order valence-electron chi connectivity index (χ1n) is 17.7. The van der Waals surface area contributed by atoms with Crippen molar-refractivity contribution in [1.29, 1.82) is 0 Å². The van der Waals surface area contributed by atoms with Crippen LogP contribution in [0.25, 0.3) is 0 Å². The van der Waals surface area contributed by atoms with Crippen LogP contribution in [0.4, 0.5) is 0 Å². The van der Waals surface area contributed by atoms with Gasteiger partial charge in [0.15, 0.2) is 0 Å². The van der Waals surface area contributed by atoms with Gasteiger partial charge in [-0.3, -0.25) is 38.9 Å². The number of carboxylic acids is 3. The topological polar surface area (TPSA) is 128 Å². The van der Waals surface area contributed by atoms with Gasteiger partial charge in [0.05, 0.1) is 0 Å². The smallest absolute Gasteiger partial charge is 0.321 e. The monoisotopic (exact) mass is 685 g/mol. The van der Waals surface area contributed by atoms with Crippen LogP contribution < -0.4 is 0 Å². The average molecular weight is 686 g/mol. The van der Waals surface area contributed by atoms with Crippen LogP contribution in [0.5, 0.6) is 0 Å². The van der Waals surface area contributed by atoms with Gasteiger partial charge in [-0.1, -0.05) is 91.0 Å². The summed E-state index contributed by atoms with van der Waals surface area (Å²) in [6, 6.07) is 26.0. The van der Waals surface area contributed by atoms with E-state index in [9.17, 15) is 29.7 Å². The quantitative estimate of drug-likeness (QED) is 0.219. The van der Waals surface area contributed by atoms with Crippen LogP contribution in [-0.4, -0.2) is 154 Å². The fourth-order valence-electron chi connectivity index (χ4n) is 7.18. The molecule has 0 amide bonds. The summed E-state index contributed by atoms with van der Waals surface area (Å²) in [4.78, 5) is 49.1. The Kier molecular flexibility index (Phi) is 13.9. The first-order valence-corrected chi connectivity index (χ1v) is 17.7. The number of hydrogen-bond acceptors (Lipinski definition) is 8. The summed E-state index contributed by atoms with van der Waals surface area (Å²) < 4.78 is 0. The zero-order chi connectivity index (χ0) is 35.3. The molecule has 50 heavy (non-hydrogen) atoms. The number of fused-ring (bicyclic) bond motifs is 3. The van der Waals surface area contributed by atoms with Crippen molar-refractivity contribution in [1.82, 2.24) is 24.5 Å². The van der Waals surface area contributed by atoms with Gasteiger partial charge in [0.25, 0.3) is 0 Å². The Morgan fingerprint density at radius 2 is 0.900 bits per heavy atom. The highest BCUT2D eigenvalue weighted by atomic mass is 16.4. The molecular formula is C39H51N5O6. The van der Waals surface area contributed by atoms with Crippen molar-refractivity contribution in [2.45, 2.75) is 37.4 Å². The summed E-state index contributed by atoms with van der Waals surface area (Å²) in [6.07, 6.45) is 0.868. The van der Waals surface area contributed by atoms with E-state index in [4.69, 9.17) is 0 Å². The maximum absolute atomic E-state index is 12.8. The van der Waals surface area contributed by atoms with Crippen molar-refractivity contribution in [3.63, 3.8) is 0 Å². The van der Waals surface area contributed by atoms with Gasteiger partial charge in [-0.15, -0.1) is 0 Å². The average Bonchev–Trinajstić information content (AvgIpc) is 3.28. The van der Waals surface area contributed by atoms with E-state index in [-0.39, 0.29) is 12.8 Å². The molecular weight excluding hydrogens is 634 g/mol. The number of benzene rings is 3. The normalized spacial score (nSPS) is 21.1. The van der Waals surface area contributed by atoms with Gasteiger partial charge in [0.1, 0.15) is 18.1 Å². The minimum atomic E-state index is -1.03. The minimum absolute atomic E-state index is 0.203. The molecule has 0 aliphatic carbocycles. The van der Waals surface area contributed by atoms with E-state index in [0.717, 1.165) is 69.0 Å². The van der Waals surface area contributed by atoms with Gasteiger partial charge in [-0.05, 0) is 36.0 Å². The Labute approximate surface area is 295 Å². The van der Waals surface area contributed by atoms with Gasteiger partial charge in [0, 0.05) is 78.5 Å². The van der Waals surface area contributed by atoms with Gasteiger partial charge in [-0.25, -0.2) is 0 Å². The summed E-state index contributed by atoms with van der Waals surface area (Å²) in [5.74, 6) is -2.87. The molecule has 11 nitrogen and oxygen atoms in total. The molecule has 3 N–H and O–H groups in total. The lowest BCUT2D eigenvalue weighted by Crippen LogP contribution is -2.55. The molecule has 3 aromatic carbocycles. The molecule has 0 aromatic heterocycles. The Morgan fingerprint density at radius 1 is 0.520 bits per heavy atom. The lowest BCUT2D eigenvalue weighted by atomic mass is 9.99. The van der Waals surface area contributed by atoms with E-state index in [0.29, 0.717) is 32.6 Å². The zero-order valence-electron chi connectivity index (χ0n) is 28.8. The summed E-state index contributed by atoms with van der Waals surface area (Å²) >= 11 is 0. The number of carbonyl (C=O) groups is 3. The second kappa shape index (κ2) is 18.7. The fourth-order valence-corrected chi connectivity index (χ4v) is 7.18. The number of carboxylic acid groups (broad SMARTS) is 3. The molecule has 2 fully saturated rings. The number of aliphatic carboxylic acids is 3. The Bertz CT molecular complexity index is 1420. The number of rotatable bonds is 15. The fraction of sp³-hybridized carbons (Fsp3) is 0.462. The van der Waals surface area contributed by atoms with Gasteiger partial charge in [0.2, 0.25) is 0 Å². The molecule has 268 valence electrons. The van der Waals surface area contributed by atoms with Crippen molar-refractivity contribution < 1.29 is 29.7 Å². The van der Waals surface area contributed by atoms with Crippen molar-refractivity contribution in [3.05, 3.63) is 108 Å². The van der Waals surface area contributed by atoms with Crippen LogP contribution in [0.1, 0.15) is 16.7 Å². The number of hydrogen-bond donors (Lipinski definition) is 3. The highest BCUT2D eigenvalue weighted by molar-refractivity contribution is 5.78. The van der Waals surface area contributed by atoms with Crippen LogP contribution >= 0.6 is 0 Å². The zero-order valence-corrected chi connectivity index (χ0v) is 28.8. The first kappa shape index (κ1) is 37.1. The molecule has 5 rings (SSSR count). The summed E-state index contributed by atoms with van der Waals surface area (Å²) in [6.45, 7) is 8.50. The van der Waals surface area contributed by atoms with Gasteiger partial charge < -0.3 is 15.3 Å². The van der Waals surface area contributed by atoms with Crippen LogP contribution in [0.2, 0.25) is 0 Å². The predicted molar refractivity (Wildman–Crippen MR) is 192 cm³/mol. The molecule has 0 saturated carbocycles. The molecule has 0 radical (unpaired) electrons. The van der Waals surface area contributed by atoms with Crippen LogP contribution in [0.3, 0.4) is 0 Å². The van der Waals surface area contributed by atoms with Crippen molar-refractivity contribution >= 4 is 17.9 Å². The van der Waals surface area contributed by atoms with E-state index >= 15 is 0 Å². The largest absolute Gasteiger partial charge is 0.480 e. The Hall–Kier alpha value is -4.13. The highest BCUT2D eigenvalue weighted by Gasteiger charge is 2.36. The van der Waals surface area contributed by atoms with E-state index in [2.05, 4.69) is 19.6 Å². The van der Waals surface area contributed by atoms with Gasteiger partial charge in [-0.2, -0.15) is 0 Å². The molecule has 2 aliphatic rings. The third-order valence-electron chi connectivity index (χ3n) is 10.2. The van der Waals surface area contributed by atoms with Crippen LogP contribution in [-0.2, 0) is 33.6 Å². The lowest BCUT2D eigenvalue weighted by Gasteiger charge is -2.36. The standard InChI is InChI=1S/C39H51N5O6/c45-37(46)34(28-31-10-4-1-5-11-31)43-25-22-40-16-17-41(23-26-43)19-21-42(20-18-40)24-27-44(35(38(47)48)29-32-12-6-2-7-13-32)36(39(49)50)30-33-14-8-3-9-15-33/h1-15,34-36H,16-30H2,(H,45,46)(H,47,48)(H,49,50). The minimum Gasteiger partial charge on any atom is -0.480 e. The molecule has 2 aliphatic heterocycles. The second-order valence-electron chi connectivity index (χ2n) is 13.4. The molecule has 2 bridgehead atoms. The van der Waals surface area contributed by atoms with E-state index in [1.807, 2.05) is 91.0 Å². The number of nitrogens with zero attached hydrogens (tertiary/aromatic N) is 5. The third kappa shape index (κ3) is 10.9. The molecule has 3 aromatic rings. The third-order valence-corrected chi connectivity index (χ3v) is 10.2. The maximum Gasteiger partial charge on any atom is 0.321 e. The van der Waals surface area contributed by atoms with Gasteiger partial charge >= 0.3 is 17.9 Å². The Morgan fingerprint density at radius 3 is 1.30 bits per heavy atom. The maximum atomic E-state index is 12.8.